The number of nitrogens with one attached hydrogen (secondary N) is 1. The van der Waals surface area contributed by atoms with Crippen LogP contribution in [-0.4, -0.2) is 32.4 Å². The van der Waals surface area contributed by atoms with E-state index in [1.54, 1.807) is 0 Å². The van der Waals surface area contributed by atoms with Crippen molar-refractivity contribution in [3.05, 3.63) is 167 Å². The Morgan fingerprint density at radius 1 is 0.725 bits per heavy atom. The van der Waals surface area contributed by atoms with E-state index in [0.717, 1.165) is 46.5 Å². The second-order valence-electron chi connectivity index (χ2n) is 12.9. The van der Waals surface area contributed by atoms with Crippen molar-refractivity contribution in [3.63, 3.8) is 0 Å². The van der Waals surface area contributed by atoms with Gasteiger partial charge in [-0.25, -0.2) is 0 Å². The molecule has 1 fully saturated rings. The first-order valence-electron chi connectivity index (χ1n) is 17.0. The highest BCUT2D eigenvalue weighted by Crippen LogP contribution is 2.42. The van der Waals surface area contributed by atoms with Crippen molar-refractivity contribution in [3.8, 4) is 11.1 Å². The van der Waals surface area contributed by atoms with Gasteiger partial charge in [-0.3, -0.25) is 9.69 Å². The maximum Gasteiger partial charge on any atom is 0.272 e. The number of nitrogens with zero attached hydrogens (tertiary/aromatic N) is 1. The van der Waals surface area contributed by atoms with Crippen molar-refractivity contribution in [2.75, 3.05) is 6.54 Å². The molecule has 1 amide bonds. The SMILES string of the molecule is CC1C(CN(Cc2ccccc2)Cc2ccccc2)OC(c2ccc(-c3ccccc3CNC(=O)C(Cl)(Cl)Cl)cc2)OC1c1ccc(CO)cc1. The number of carbonyl (C=O) groups excluding carboxylic acids is 1. The third-order valence-corrected chi connectivity index (χ3v) is 9.78. The monoisotopic (exact) mass is 742 g/mol. The van der Waals surface area contributed by atoms with Crippen molar-refractivity contribution >= 4 is 40.7 Å². The van der Waals surface area contributed by atoms with Crippen LogP contribution in [0.2, 0.25) is 0 Å². The molecule has 6 nitrogen and oxygen atoms in total. The Kier molecular flexibility index (Phi) is 12.5. The van der Waals surface area contributed by atoms with E-state index >= 15 is 0 Å². The first kappa shape index (κ1) is 37.1. The van der Waals surface area contributed by atoms with Gasteiger partial charge in [0.2, 0.25) is 0 Å². The van der Waals surface area contributed by atoms with Crippen LogP contribution in [0.5, 0.6) is 0 Å². The van der Waals surface area contributed by atoms with Gasteiger partial charge in [0, 0.05) is 37.7 Å². The lowest BCUT2D eigenvalue weighted by molar-refractivity contribution is -0.276. The Labute approximate surface area is 314 Å². The average molecular weight is 744 g/mol. The first-order valence-corrected chi connectivity index (χ1v) is 18.2. The van der Waals surface area contributed by atoms with Gasteiger partial charge in [-0.05, 0) is 38.9 Å². The summed E-state index contributed by atoms with van der Waals surface area (Å²) in [5.41, 5.74) is 8.06. The fourth-order valence-corrected chi connectivity index (χ4v) is 6.70. The molecule has 1 aliphatic heterocycles. The zero-order valence-corrected chi connectivity index (χ0v) is 30.6. The Morgan fingerprint density at radius 3 is 1.88 bits per heavy atom. The summed E-state index contributed by atoms with van der Waals surface area (Å²) in [4.78, 5) is 14.7. The lowest BCUT2D eigenvalue weighted by Crippen LogP contribution is -2.44. The van der Waals surface area contributed by atoms with Crippen LogP contribution in [0.25, 0.3) is 11.1 Å². The summed E-state index contributed by atoms with van der Waals surface area (Å²) in [5.74, 6) is -0.649. The van der Waals surface area contributed by atoms with Gasteiger partial charge in [-0.2, -0.15) is 0 Å². The third-order valence-electron chi connectivity index (χ3n) is 9.27. The van der Waals surface area contributed by atoms with Gasteiger partial charge in [0.05, 0.1) is 18.8 Å². The van der Waals surface area contributed by atoms with Crippen LogP contribution in [0, 0.1) is 5.92 Å². The summed E-state index contributed by atoms with van der Waals surface area (Å²) in [7, 11) is 0. The van der Waals surface area contributed by atoms with Gasteiger partial charge >= 0.3 is 0 Å². The van der Waals surface area contributed by atoms with Gasteiger partial charge in [0.15, 0.2) is 6.29 Å². The van der Waals surface area contributed by atoms with E-state index in [1.165, 1.54) is 11.1 Å². The molecule has 0 radical (unpaired) electrons. The molecule has 1 saturated heterocycles. The lowest BCUT2D eigenvalue weighted by atomic mass is 9.89. The molecule has 1 heterocycles. The van der Waals surface area contributed by atoms with Crippen LogP contribution in [0.3, 0.4) is 0 Å². The second kappa shape index (κ2) is 17.2. The molecule has 6 rings (SSSR count). The number of hydrogen-bond acceptors (Lipinski definition) is 5. The van der Waals surface area contributed by atoms with Crippen LogP contribution in [0.4, 0.5) is 0 Å². The lowest BCUT2D eigenvalue weighted by Gasteiger charge is -2.43. The zero-order valence-electron chi connectivity index (χ0n) is 28.3. The van der Waals surface area contributed by atoms with E-state index in [9.17, 15) is 9.90 Å². The Hall–Kier alpha value is -3.72. The molecule has 5 aromatic carbocycles. The number of benzene rings is 5. The van der Waals surface area contributed by atoms with Crippen molar-refractivity contribution in [2.45, 2.75) is 55.5 Å². The third kappa shape index (κ3) is 9.79. The molecule has 2 N–H and O–H groups in total. The molecule has 51 heavy (non-hydrogen) atoms. The quantitative estimate of drug-likeness (QED) is 0.125. The zero-order chi connectivity index (χ0) is 35.8. The van der Waals surface area contributed by atoms with Crippen LogP contribution >= 0.6 is 34.8 Å². The number of ether oxygens (including phenoxy) is 2. The molecule has 0 aliphatic carbocycles. The number of halogens is 3. The number of alkyl halides is 3. The molecule has 9 heteroatoms. The minimum absolute atomic E-state index is 0.0155. The fraction of sp³-hybridized carbons (Fsp3) is 0.262. The molecular weight excluding hydrogens is 703 g/mol. The van der Waals surface area contributed by atoms with E-state index in [-0.39, 0.29) is 31.3 Å². The van der Waals surface area contributed by atoms with Crippen molar-refractivity contribution in [2.24, 2.45) is 5.92 Å². The molecule has 0 spiro atoms. The van der Waals surface area contributed by atoms with E-state index in [2.05, 4.69) is 65.7 Å². The van der Waals surface area contributed by atoms with Crippen molar-refractivity contribution < 1.29 is 19.4 Å². The normalized spacial score (nSPS) is 19.2. The summed E-state index contributed by atoms with van der Waals surface area (Å²) in [6.07, 6.45) is -1.00. The minimum atomic E-state index is -2.04. The number of aliphatic hydroxyl groups is 1. The summed E-state index contributed by atoms with van der Waals surface area (Å²) in [6.45, 7) is 4.63. The van der Waals surface area contributed by atoms with Crippen molar-refractivity contribution in [1.82, 2.24) is 10.2 Å². The van der Waals surface area contributed by atoms with E-state index < -0.39 is 16.0 Å². The number of carbonyl (C=O) groups is 1. The summed E-state index contributed by atoms with van der Waals surface area (Å²) in [5, 5.41) is 12.4. The van der Waals surface area contributed by atoms with Gasteiger partial charge < -0.3 is 19.9 Å². The smallest absolute Gasteiger partial charge is 0.272 e. The first-order chi connectivity index (χ1) is 24.7. The Morgan fingerprint density at radius 2 is 1.29 bits per heavy atom. The van der Waals surface area contributed by atoms with Gasteiger partial charge in [-0.15, -0.1) is 0 Å². The van der Waals surface area contributed by atoms with Gasteiger partial charge in [-0.1, -0.05) is 175 Å². The molecule has 0 saturated carbocycles. The highest BCUT2D eigenvalue weighted by atomic mass is 35.6. The fourth-order valence-electron chi connectivity index (χ4n) is 6.50. The minimum Gasteiger partial charge on any atom is -0.392 e. The van der Waals surface area contributed by atoms with E-state index in [0.29, 0.717) is 6.54 Å². The predicted octanol–water partition coefficient (Wildman–Crippen LogP) is 9.33. The van der Waals surface area contributed by atoms with E-state index in [1.807, 2.05) is 84.9 Å². The number of rotatable bonds is 12. The maximum atomic E-state index is 12.2. The predicted molar refractivity (Wildman–Crippen MR) is 204 cm³/mol. The van der Waals surface area contributed by atoms with Crippen LogP contribution in [-0.2, 0) is 40.5 Å². The Balaban J connectivity index is 1.27. The Bertz CT molecular complexity index is 1810. The summed E-state index contributed by atoms with van der Waals surface area (Å²) >= 11 is 17.3. The van der Waals surface area contributed by atoms with Crippen molar-refractivity contribution in [1.29, 1.82) is 0 Å². The number of hydrogen-bond donors (Lipinski definition) is 2. The van der Waals surface area contributed by atoms with Crippen LogP contribution in [0.15, 0.2) is 133 Å². The molecule has 5 aromatic rings. The largest absolute Gasteiger partial charge is 0.392 e. The standard InChI is InChI=1S/C42H41Cl3N2O4/c1-29-38(27-47(25-30-10-4-2-5-11-30)26-31-12-6-3-7-13-31)50-40(51-39(29)34-18-16-32(28-48)17-19-34)35-22-20-33(21-23-35)37-15-9-8-14-36(37)24-46-41(49)42(43,44)45/h2-23,29,38-40,48H,24-28H2,1H3,(H,46,49). The summed E-state index contributed by atoms with van der Waals surface area (Å²) < 4.78 is 11.6. The molecule has 4 atom stereocenters. The number of amides is 1. The van der Waals surface area contributed by atoms with Gasteiger partial charge in [0.1, 0.15) is 0 Å². The molecule has 0 aromatic heterocycles. The van der Waals surface area contributed by atoms with Crippen LogP contribution < -0.4 is 5.32 Å². The highest BCUT2D eigenvalue weighted by molar-refractivity contribution is 6.76. The van der Waals surface area contributed by atoms with Gasteiger partial charge in [0.25, 0.3) is 9.70 Å². The molecule has 4 unspecified atom stereocenters. The average Bonchev–Trinajstić information content (AvgIpc) is 3.15. The molecule has 0 bridgehead atoms. The number of aliphatic hydroxyl groups excluding tert-OH is 1. The highest BCUT2D eigenvalue weighted by Gasteiger charge is 2.39. The maximum absolute atomic E-state index is 12.2. The molecule has 264 valence electrons. The second-order valence-corrected chi connectivity index (χ2v) is 15.2. The summed E-state index contributed by atoms with van der Waals surface area (Å²) in [6, 6.07) is 44.9. The molecule has 1 aliphatic rings. The van der Waals surface area contributed by atoms with Crippen LogP contribution in [0.1, 0.15) is 52.7 Å². The topological polar surface area (TPSA) is 71.0 Å². The molecular formula is C42H41Cl3N2O4. The van der Waals surface area contributed by atoms with E-state index in [4.69, 9.17) is 44.3 Å².